The zero-order chi connectivity index (χ0) is 27.6. The Morgan fingerprint density at radius 2 is 1.71 bits per heavy atom. The highest BCUT2D eigenvalue weighted by Gasteiger charge is 2.31. The van der Waals surface area contributed by atoms with Crippen LogP contribution in [0.5, 0.6) is 5.75 Å². The van der Waals surface area contributed by atoms with Gasteiger partial charge in [0.05, 0.1) is 4.90 Å². The van der Waals surface area contributed by atoms with Gasteiger partial charge >= 0.3 is 0 Å². The van der Waals surface area contributed by atoms with Gasteiger partial charge in [-0.15, -0.1) is 0 Å². The minimum Gasteiger partial charge on any atom is -0.504 e. The molecule has 198 valence electrons. The summed E-state index contributed by atoms with van der Waals surface area (Å²) in [4.78, 5) is 20.5. The van der Waals surface area contributed by atoms with E-state index in [-0.39, 0.29) is 10.6 Å². The molecule has 9 heteroatoms. The van der Waals surface area contributed by atoms with Crippen LogP contribution in [0.3, 0.4) is 0 Å². The molecule has 0 amide bonds. The summed E-state index contributed by atoms with van der Waals surface area (Å²) in [6, 6.07) is 16.2. The van der Waals surface area contributed by atoms with Gasteiger partial charge in [-0.3, -0.25) is 4.79 Å². The number of anilines is 2. The summed E-state index contributed by atoms with van der Waals surface area (Å²) in [5.41, 5.74) is 3.28. The van der Waals surface area contributed by atoms with Gasteiger partial charge in [-0.2, -0.15) is 4.39 Å². The van der Waals surface area contributed by atoms with Crippen molar-refractivity contribution in [1.29, 1.82) is 0 Å². The summed E-state index contributed by atoms with van der Waals surface area (Å²) in [7, 11) is -2.67. The van der Waals surface area contributed by atoms with E-state index < -0.39 is 32.0 Å². The van der Waals surface area contributed by atoms with E-state index >= 15 is 0 Å². The van der Waals surface area contributed by atoms with Crippen LogP contribution in [0.4, 0.5) is 15.8 Å². The van der Waals surface area contributed by atoms with Crippen LogP contribution < -0.4 is 10.5 Å². The number of hydrogen-bond acceptors (Lipinski definition) is 6. The Morgan fingerprint density at radius 1 is 1.03 bits per heavy atom. The molecule has 38 heavy (non-hydrogen) atoms. The maximum Gasteiger partial charge on any atom is 0.271 e. The van der Waals surface area contributed by atoms with E-state index in [9.17, 15) is 22.7 Å². The Hall–Kier alpha value is -3.98. The number of benzene rings is 2. The average molecular weight is 536 g/mol. The summed E-state index contributed by atoms with van der Waals surface area (Å²) in [6.45, 7) is 5.58. The molecule has 0 spiro atoms. The minimum absolute atomic E-state index is 0.152. The quantitative estimate of drug-likeness (QED) is 0.275. The third kappa shape index (κ3) is 5.06. The molecular formula is C29H30FN3O4S. The van der Waals surface area contributed by atoms with E-state index in [1.165, 1.54) is 18.2 Å². The number of aromatic hydroxyl groups is 1. The van der Waals surface area contributed by atoms with Crippen LogP contribution in [0, 0.1) is 19.8 Å². The molecule has 2 aromatic carbocycles. The van der Waals surface area contributed by atoms with Gasteiger partial charge in [0, 0.05) is 29.7 Å². The fraction of sp³-hybridized carbons (Fsp3) is 0.241. The number of aryl methyl sites for hydroxylation is 3. The predicted molar refractivity (Wildman–Crippen MR) is 146 cm³/mol. The van der Waals surface area contributed by atoms with Gasteiger partial charge in [0.1, 0.15) is 5.69 Å². The van der Waals surface area contributed by atoms with Gasteiger partial charge in [0.2, 0.25) is 15.8 Å². The lowest BCUT2D eigenvalue weighted by molar-refractivity contribution is 0.455. The third-order valence-corrected chi connectivity index (χ3v) is 8.39. The van der Waals surface area contributed by atoms with Crippen molar-refractivity contribution in [3.05, 3.63) is 93.9 Å². The van der Waals surface area contributed by atoms with E-state index in [0.29, 0.717) is 28.9 Å². The van der Waals surface area contributed by atoms with Crippen LogP contribution in [-0.4, -0.2) is 30.5 Å². The number of aromatic nitrogens is 2. The first kappa shape index (κ1) is 27.1. The number of nitrogens with one attached hydrogen (secondary N) is 1. The molecule has 0 bridgehead atoms. The Labute approximate surface area is 221 Å². The molecule has 0 radical (unpaired) electrons. The smallest absolute Gasteiger partial charge is 0.271 e. The molecular weight excluding hydrogens is 505 g/mol. The van der Waals surface area contributed by atoms with Crippen molar-refractivity contribution in [2.24, 2.45) is 0 Å². The number of rotatable bonds is 8. The normalized spacial score (nSPS) is 11.5. The molecule has 0 saturated carbocycles. The summed E-state index contributed by atoms with van der Waals surface area (Å²) >= 11 is 0. The molecule has 4 aromatic rings. The van der Waals surface area contributed by atoms with Gasteiger partial charge in [-0.1, -0.05) is 43.7 Å². The molecule has 0 unspecified atom stereocenters. The highest BCUT2D eigenvalue weighted by Crippen LogP contribution is 2.40. The van der Waals surface area contributed by atoms with Crippen molar-refractivity contribution in [2.75, 3.05) is 11.9 Å². The molecule has 4 rings (SSSR count). The molecule has 0 aliphatic heterocycles. The maximum absolute atomic E-state index is 13.7. The van der Waals surface area contributed by atoms with Crippen LogP contribution in [0.1, 0.15) is 36.7 Å². The SMILES string of the molecule is CCCCc1[nH]c(=O)c(S(=O)(=O)c2ccc(-c3ccc(F)nc3C)cc2)c(O)c1N(C)c1ccccc1C. The largest absolute Gasteiger partial charge is 0.504 e. The number of hydrogen-bond donors (Lipinski definition) is 2. The monoisotopic (exact) mass is 535 g/mol. The lowest BCUT2D eigenvalue weighted by atomic mass is 10.1. The maximum atomic E-state index is 13.7. The first-order valence-electron chi connectivity index (χ1n) is 12.3. The first-order valence-corrected chi connectivity index (χ1v) is 13.8. The summed E-state index contributed by atoms with van der Waals surface area (Å²) in [5.74, 6) is -1.19. The van der Waals surface area contributed by atoms with Crippen LogP contribution in [0.15, 0.2) is 75.2 Å². The van der Waals surface area contributed by atoms with E-state index in [0.717, 1.165) is 24.1 Å². The Morgan fingerprint density at radius 3 is 2.34 bits per heavy atom. The van der Waals surface area contributed by atoms with Crippen molar-refractivity contribution >= 4 is 21.2 Å². The van der Waals surface area contributed by atoms with E-state index in [4.69, 9.17) is 0 Å². The van der Waals surface area contributed by atoms with Gasteiger partial charge in [0.25, 0.3) is 5.56 Å². The zero-order valence-corrected chi connectivity index (χ0v) is 22.6. The standard InChI is InChI=1S/C29H30FN3O4S/c1-5-6-10-23-26(33(4)24-11-8-7-9-18(24)2)27(34)28(29(35)32-23)38(36,37)21-14-12-20(13-15-21)22-16-17-25(30)31-19(22)3/h7-9,11-17H,5-6,10H2,1-4H3,(H2,32,34,35). The molecule has 2 aromatic heterocycles. The van der Waals surface area contributed by atoms with Crippen LogP contribution in [0.2, 0.25) is 0 Å². The predicted octanol–water partition coefficient (Wildman–Crippen LogP) is 5.84. The fourth-order valence-corrected chi connectivity index (χ4v) is 5.96. The molecule has 0 saturated heterocycles. The number of aromatic amines is 1. The number of H-pyrrole nitrogens is 1. The topological polar surface area (TPSA) is 103 Å². The second-order valence-corrected chi connectivity index (χ2v) is 11.1. The first-order chi connectivity index (χ1) is 18.1. The van der Waals surface area contributed by atoms with Crippen molar-refractivity contribution in [2.45, 2.75) is 49.8 Å². The van der Waals surface area contributed by atoms with Crippen molar-refractivity contribution < 1.29 is 17.9 Å². The third-order valence-electron chi connectivity index (χ3n) is 6.58. The second kappa shape index (κ2) is 10.8. The van der Waals surface area contributed by atoms with Gasteiger partial charge in [0.15, 0.2) is 10.6 Å². The lowest BCUT2D eigenvalue weighted by Crippen LogP contribution is -2.24. The van der Waals surface area contributed by atoms with E-state index in [1.54, 1.807) is 37.1 Å². The number of sulfone groups is 1. The minimum atomic E-state index is -4.40. The molecule has 0 fully saturated rings. The van der Waals surface area contributed by atoms with Gasteiger partial charge < -0.3 is 15.0 Å². The molecule has 0 aliphatic rings. The molecule has 7 nitrogen and oxygen atoms in total. The number of para-hydroxylation sites is 1. The number of unbranched alkanes of at least 4 members (excludes halogenated alkanes) is 1. The zero-order valence-electron chi connectivity index (χ0n) is 21.7. The number of pyridine rings is 2. The number of nitrogens with zero attached hydrogens (tertiary/aromatic N) is 2. The highest BCUT2D eigenvalue weighted by atomic mass is 32.2. The van der Waals surface area contributed by atoms with E-state index in [1.807, 2.05) is 38.1 Å². The highest BCUT2D eigenvalue weighted by molar-refractivity contribution is 7.91. The molecule has 0 atom stereocenters. The second-order valence-electron chi connectivity index (χ2n) is 9.20. The van der Waals surface area contributed by atoms with Gasteiger partial charge in [-0.25, -0.2) is 13.4 Å². The van der Waals surface area contributed by atoms with Crippen LogP contribution >= 0.6 is 0 Å². The van der Waals surface area contributed by atoms with Crippen molar-refractivity contribution in [3.63, 3.8) is 0 Å². The lowest BCUT2D eigenvalue weighted by Gasteiger charge is -2.26. The van der Waals surface area contributed by atoms with Gasteiger partial charge in [-0.05, 0) is 68.1 Å². The fourth-order valence-electron chi connectivity index (χ4n) is 4.58. The van der Waals surface area contributed by atoms with E-state index in [2.05, 4.69) is 9.97 Å². The Balaban J connectivity index is 1.84. The summed E-state index contributed by atoms with van der Waals surface area (Å²) < 4.78 is 40.8. The average Bonchev–Trinajstić information content (AvgIpc) is 2.87. The molecule has 2 N–H and O–H groups in total. The van der Waals surface area contributed by atoms with Crippen molar-refractivity contribution in [3.8, 4) is 16.9 Å². The molecule has 2 heterocycles. The number of halogens is 1. The summed E-state index contributed by atoms with van der Waals surface area (Å²) in [5, 5.41) is 11.4. The Kier molecular flexibility index (Phi) is 7.68. The van der Waals surface area contributed by atoms with Crippen LogP contribution in [0.25, 0.3) is 11.1 Å². The summed E-state index contributed by atoms with van der Waals surface area (Å²) in [6.07, 6.45) is 2.06. The molecule has 0 aliphatic carbocycles. The Bertz CT molecular complexity index is 1650. The van der Waals surface area contributed by atoms with Crippen LogP contribution in [-0.2, 0) is 16.3 Å². The van der Waals surface area contributed by atoms with Crippen molar-refractivity contribution in [1.82, 2.24) is 9.97 Å².